The van der Waals surface area contributed by atoms with Crippen molar-refractivity contribution in [2.75, 3.05) is 0 Å². The van der Waals surface area contributed by atoms with Crippen molar-refractivity contribution in [2.24, 2.45) is 17.8 Å². The first-order valence-corrected chi connectivity index (χ1v) is 7.33. The Morgan fingerprint density at radius 2 is 1.84 bits per heavy atom. The van der Waals surface area contributed by atoms with E-state index < -0.39 is 11.2 Å². The van der Waals surface area contributed by atoms with Crippen LogP contribution < -0.4 is 0 Å². The van der Waals surface area contributed by atoms with Crippen LogP contribution in [0.1, 0.15) is 47.5 Å². The Morgan fingerprint density at radius 1 is 1.26 bits per heavy atom. The summed E-state index contributed by atoms with van der Waals surface area (Å²) >= 11 is 0. The van der Waals surface area contributed by atoms with Gasteiger partial charge >= 0.3 is 0 Å². The van der Waals surface area contributed by atoms with Crippen LogP contribution in [0.5, 0.6) is 0 Å². The third-order valence-electron chi connectivity index (χ3n) is 5.54. The van der Waals surface area contributed by atoms with Gasteiger partial charge in [-0.15, -0.1) is 0 Å². The molecule has 3 aliphatic heterocycles. The zero-order valence-electron chi connectivity index (χ0n) is 12.4. The number of likely N-dealkylation sites (tertiary alicyclic amines) is 1. The van der Waals surface area contributed by atoms with Gasteiger partial charge < -0.3 is 4.74 Å². The van der Waals surface area contributed by atoms with Gasteiger partial charge in [-0.05, 0) is 40.0 Å². The van der Waals surface area contributed by atoms with Gasteiger partial charge in [0.2, 0.25) is 11.8 Å². The van der Waals surface area contributed by atoms with Crippen LogP contribution in [0, 0.1) is 17.8 Å². The van der Waals surface area contributed by atoms with Crippen molar-refractivity contribution in [2.45, 2.75) is 64.7 Å². The Labute approximate surface area is 114 Å². The largest absolute Gasteiger partial charge is 0.367 e. The van der Waals surface area contributed by atoms with Gasteiger partial charge in [0.05, 0.1) is 23.0 Å². The lowest BCUT2D eigenvalue weighted by atomic mass is 9.63. The molecule has 0 N–H and O–H groups in total. The molecule has 4 nitrogen and oxygen atoms in total. The molecule has 0 aromatic heterocycles. The highest BCUT2D eigenvalue weighted by molar-refractivity contribution is 6.07. The number of hydrogen-bond acceptors (Lipinski definition) is 3. The monoisotopic (exact) mass is 265 g/mol. The Kier molecular flexibility index (Phi) is 2.48. The lowest BCUT2D eigenvalue weighted by Crippen LogP contribution is -2.46. The van der Waals surface area contributed by atoms with E-state index in [4.69, 9.17) is 4.74 Å². The highest BCUT2D eigenvalue weighted by Gasteiger charge is 2.75. The minimum Gasteiger partial charge on any atom is -0.367 e. The van der Waals surface area contributed by atoms with Gasteiger partial charge in [0.1, 0.15) is 0 Å². The van der Waals surface area contributed by atoms with E-state index in [-0.39, 0.29) is 29.7 Å². The number of amides is 2. The van der Waals surface area contributed by atoms with Crippen LogP contribution in [0.4, 0.5) is 0 Å². The first kappa shape index (κ1) is 13.1. The van der Waals surface area contributed by atoms with Crippen molar-refractivity contribution in [1.82, 2.24) is 4.90 Å². The Morgan fingerprint density at radius 3 is 2.37 bits per heavy atom. The van der Waals surface area contributed by atoms with Gasteiger partial charge in [-0.25, -0.2) is 0 Å². The average molecular weight is 265 g/mol. The molecule has 106 valence electrons. The molecule has 0 saturated carbocycles. The van der Waals surface area contributed by atoms with E-state index in [0.29, 0.717) is 5.92 Å². The summed E-state index contributed by atoms with van der Waals surface area (Å²) in [5.74, 6) is -0.205. The van der Waals surface area contributed by atoms with Gasteiger partial charge in [0.15, 0.2) is 0 Å². The van der Waals surface area contributed by atoms with Gasteiger partial charge in [0.25, 0.3) is 0 Å². The van der Waals surface area contributed by atoms with Crippen LogP contribution in [0.25, 0.3) is 0 Å². The molecule has 3 rings (SSSR count). The second-order valence-corrected chi connectivity index (χ2v) is 7.00. The molecule has 0 spiro atoms. The fourth-order valence-corrected chi connectivity index (χ4v) is 4.77. The quantitative estimate of drug-likeness (QED) is 0.717. The van der Waals surface area contributed by atoms with E-state index >= 15 is 0 Å². The molecule has 3 saturated heterocycles. The summed E-state index contributed by atoms with van der Waals surface area (Å²) in [5.41, 5.74) is -0.902. The van der Waals surface area contributed by atoms with Crippen molar-refractivity contribution in [3.63, 3.8) is 0 Å². The molecule has 0 aliphatic carbocycles. The molecule has 3 heterocycles. The van der Waals surface area contributed by atoms with Crippen molar-refractivity contribution in [3.05, 3.63) is 0 Å². The normalized spacial score (nSPS) is 48.5. The average Bonchev–Trinajstić information content (AvgIpc) is 2.81. The molecule has 2 amide bonds. The summed E-state index contributed by atoms with van der Waals surface area (Å²) in [7, 11) is 0. The first-order chi connectivity index (χ1) is 8.76. The second kappa shape index (κ2) is 3.60. The number of carbonyl (C=O) groups excluding carboxylic acids is 2. The third-order valence-corrected chi connectivity index (χ3v) is 5.54. The van der Waals surface area contributed by atoms with Gasteiger partial charge in [0, 0.05) is 6.04 Å². The smallest absolute Gasteiger partial charge is 0.236 e. The minimum absolute atomic E-state index is 0.0191. The summed E-state index contributed by atoms with van der Waals surface area (Å²) in [4.78, 5) is 26.7. The maximum Gasteiger partial charge on any atom is 0.236 e. The van der Waals surface area contributed by atoms with Crippen molar-refractivity contribution >= 4 is 11.8 Å². The highest BCUT2D eigenvalue weighted by Crippen LogP contribution is 2.63. The fourth-order valence-electron chi connectivity index (χ4n) is 4.77. The SMILES string of the molecule is CCC1CC2(C)OC1(C)C1C(=O)N(C(C)C)C(=O)C12. The molecule has 5 unspecified atom stereocenters. The Balaban J connectivity index is 2.07. The van der Waals surface area contributed by atoms with Gasteiger partial charge in [-0.2, -0.15) is 0 Å². The van der Waals surface area contributed by atoms with Crippen molar-refractivity contribution in [3.8, 4) is 0 Å². The lowest BCUT2D eigenvalue weighted by Gasteiger charge is -2.34. The minimum atomic E-state index is -0.454. The predicted octanol–water partition coefficient (Wildman–Crippen LogP) is 1.97. The molecule has 3 aliphatic rings. The van der Waals surface area contributed by atoms with E-state index in [9.17, 15) is 9.59 Å². The fraction of sp³-hybridized carbons (Fsp3) is 0.867. The number of fused-ring (bicyclic) bond motifs is 5. The molecule has 2 bridgehead atoms. The van der Waals surface area contributed by atoms with Crippen LogP contribution >= 0.6 is 0 Å². The molecule has 0 aromatic carbocycles. The standard InChI is InChI=1S/C15H23NO3/c1-6-9-7-14(4)10-11(15(9,5)19-14)13(18)16(8(2)3)12(10)17/h8-11H,6-7H2,1-5H3. The maximum absolute atomic E-state index is 12.7. The van der Waals surface area contributed by atoms with Crippen LogP contribution in [0.2, 0.25) is 0 Å². The molecule has 0 aromatic rings. The van der Waals surface area contributed by atoms with Crippen LogP contribution in [-0.2, 0) is 14.3 Å². The number of nitrogens with zero attached hydrogens (tertiary/aromatic N) is 1. The molecule has 4 heteroatoms. The molecule has 0 radical (unpaired) electrons. The summed E-state index contributed by atoms with van der Waals surface area (Å²) in [5, 5.41) is 0. The van der Waals surface area contributed by atoms with Crippen molar-refractivity contribution in [1.29, 1.82) is 0 Å². The third kappa shape index (κ3) is 1.33. The molecule has 3 fully saturated rings. The Bertz CT molecular complexity index is 460. The summed E-state index contributed by atoms with van der Waals surface area (Å²) < 4.78 is 6.22. The highest BCUT2D eigenvalue weighted by atomic mass is 16.5. The van der Waals surface area contributed by atoms with Crippen LogP contribution in [-0.4, -0.2) is 34.0 Å². The molecule has 5 atom stereocenters. The van der Waals surface area contributed by atoms with E-state index in [1.165, 1.54) is 4.90 Å². The van der Waals surface area contributed by atoms with Crippen molar-refractivity contribution < 1.29 is 14.3 Å². The maximum atomic E-state index is 12.7. The molecular weight excluding hydrogens is 242 g/mol. The number of hydrogen-bond donors (Lipinski definition) is 0. The summed E-state index contributed by atoms with van der Waals surface area (Å²) in [6.07, 6.45) is 1.89. The van der Waals surface area contributed by atoms with Gasteiger partial charge in [-0.1, -0.05) is 13.3 Å². The van der Waals surface area contributed by atoms with Crippen LogP contribution in [0.15, 0.2) is 0 Å². The van der Waals surface area contributed by atoms with E-state index in [1.54, 1.807) is 0 Å². The Hall–Kier alpha value is -0.900. The number of imide groups is 1. The first-order valence-electron chi connectivity index (χ1n) is 7.33. The van der Waals surface area contributed by atoms with E-state index in [2.05, 4.69) is 6.92 Å². The molecule has 19 heavy (non-hydrogen) atoms. The zero-order valence-corrected chi connectivity index (χ0v) is 12.4. The summed E-state index contributed by atoms with van der Waals surface area (Å²) in [6, 6.07) is -0.0581. The van der Waals surface area contributed by atoms with E-state index in [1.807, 2.05) is 27.7 Å². The topological polar surface area (TPSA) is 46.6 Å². The number of carbonyl (C=O) groups is 2. The van der Waals surface area contributed by atoms with E-state index in [0.717, 1.165) is 12.8 Å². The van der Waals surface area contributed by atoms with Gasteiger partial charge in [-0.3, -0.25) is 14.5 Å². The number of ether oxygens (including phenoxy) is 1. The predicted molar refractivity (Wildman–Crippen MR) is 70.3 cm³/mol. The summed E-state index contributed by atoms with van der Waals surface area (Å²) in [6.45, 7) is 10.00. The van der Waals surface area contributed by atoms with Crippen LogP contribution in [0.3, 0.4) is 0 Å². The zero-order chi connectivity index (χ0) is 14.2. The number of rotatable bonds is 2. The molecular formula is C15H23NO3. The second-order valence-electron chi connectivity index (χ2n) is 7.00. The lowest BCUT2D eigenvalue weighted by molar-refractivity contribution is -0.149.